The Labute approximate surface area is 105 Å². The van der Waals surface area contributed by atoms with Crippen molar-refractivity contribution in [2.45, 2.75) is 19.4 Å². The standard InChI is InChI=1S/C11H17BrN4/c1-2-10(16-5-3-13-4-6-16)11-14-7-9(12)8-15-11/h7-8,10,13H,2-6H2,1H3. The summed E-state index contributed by atoms with van der Waals surface area (Å²) in [6.07, 6.45) is 4.71. The molecule has 4 nitrogen and oxygen atoms in total. The third-order valence-corrected chi connectivity index (χ3v) is 3.33. The zero-order valence-corrected chi connectivity index (χ0v) is 11.1. The molecule has 1 aliphatic heterocycles. The maximum Gasteiger partial charge on any atom is 0.145 e. The van der Waals surface area contributed by atoms with Crippen molar-refractivity contribution in [3.8, 4) is 0 Å². The Morgan fingerprint density at radius 1 is 1.38 bits per heavy atom. The molecule has 0 aliphatic carbocycles. The van der Waals surface area contributed by atoms with Crippen LogP contribution < -0.4 is 5.32 Å². The lowest BCUT2D eigenvalue weighted by Crippen LogP contribution is -2.45. The van der Waals surface area contributed by atoms with Gasteiger partial charge in [-0.2, -0.15) is 0 Å². The highest BCUT2D eigenvalue weighted by atomic mass is 79.9. The maximum absolute atomic E-state index is 4.40. The van der Waals surface area contributed by atoms with Gasteiger partial charge >= 0.3 is 0 Å². The first kappa shape index (κ1) is 12.0. The quantitative estimate of drug-likeness (QED) is 0.916. The van der Waals surface area contributed by atoms with Crippen molar-refractivity contribution < 1.29 is 0 Å². The highest BCUT2D eigenvalue weighted by Crippen LogP contribution is 2.21. The molecule has 0 aromatic carbocycles. The molecule has 1 aromatic heterocycles. The van der Waals surface area contributed by atoms with E-state index in [0.29, 0.717) is 6.04 Å². The van der Waals surface area contributed by atoms with E-state index in [1.807, 2.05) is 12.4 Å². The van der Waals surface area contributed by atoms with E-state index in [-0.39, 0.29) is 0 Å². The molecule has 0 saturated carbocycles. The predicted octanol–water partition coefficient (Wildman–Crippen LogP) is 1.60. The summed E-state index contributed by atoms with van der Waals surface area (Å²) in [6, 6.07) is 0.357. The van der Waals surface area contributed by atoms with Crippen LogP contribution in [0.15, 0.2) is 16.9 Å². The van der Waals surface area contributed by atoms with Crippen molar-refractivity contribution >= 4 is 15.9 Å². The van der Waals surface area contributed by atoms with Gasteiger partial charge < -0.3 is 5.32 Å². The van der Waals surface area contributed by atoms with Crippen molar-refractivity contribution in [1.29, 1.82) is 0 Å². The van der Waals surface area contributed by atoms with E-state index in [1.54, 1.807) is 0 Å². The van der Waals surface area contributed by atoms with E-state index < -0.39 is 0 Å². The highest BCUT2D eigenvalue weighted by molar-refractivity contribution is 9.10. The van der Waals surface area contributed by atoms with Crippen molar-refractivity contribution in [3.05, 3.63) is 22.7 Å². The van der Waals surface area contributed by atoms with Crippen molar-refractivity contribution in [2.24, 2.45) is 0 Å². The fourth-order valence-electron chi connectivity index (χ4n) is 2.09. The van der Waals surface area contributed by atoms with Crippen molar-refractivity contribution in [1.82, 2.24) is 20.2 Å². The Hall–Kier alpha value is -0.520. The van der Waals surface area contributed by atoms with Gasteiger partial charge in [-0.25, -0.2) is 9.97 Å². The van der Waals surface area contributed by atoms with Crippen LogP contribution in [0.4, 0.5) is 0 Å². The molecule has 0 spiro atoms. The van der Waals surface area contributed by atoms with Gasteiger partial charge in [-0.05, 0) is 22.4 Å². The third kappa shape index (κ3) is 2.78. The lowest BCUT2D eigenvalue weighted by atomic mass is 10.1. The van der Waals surface area contributed by atoms with Gasteiger partial charge in [0, 0.05) is 38.6 Å². The average molecular weight is 285 g/mol. The summed E-state index contributed by atoms with van der Waals surface area (Å²) < 4.78 is 0.936. The Morgan fingerprint density at radius 3 is 2.56 bits per heavy atom. The zero-order chi connectivity index (χ0) is 11.4. The second kappa shape index (κ2) is 5.70. The van der Waals surface area contributed by atoms with Crippen LogP contribution in [0.5, 0.6) is 0 Å². The topological polar surface area (TPSA) is 41.1 Å². The number of rotatable bonds is 3. The minimum Gasteiger partial charge on any atom is -0.314 e. The molecule has 88 valence electrons. The van der Waals surface area contributed by atoms with Gasteiger partial charge in [-0.1, -0.05) is 6.92 Å². The molecule has 2 rings (SSSR count). The van der Waals surface area contributed by atoms with Crippen LogP contribution in [0.2, 0.25) is 0 Å². The molecule has 5 heteroatoms. The largest absolute Gasteiger partial charge is 0.314 e. The van der Waals surface area contributed by atoms with E-state index in [0.717, 1.165) is 42.9 Å². The van der Waals surface area contributed by atoms with Gasteiger partial charge in [-0.3, -0.25) is 4.90 Å². The van der Waals surface area contributed by atoms with Gasteiger partial charge in [0.25, 0.3) is 0 Å². The SMILES string of the molecule is CCC(c1ncc(Br)cn1)N1CCNCC1. The number of nitrogens with one attached hydrogen (secondary N) is 1. The number of hydrogen-bond donors (Lipinski definition) is 1. The van der Waals surface area contributed by atoms with Gasteiger partial charge in [0.2, 0.25) is 0 Å². The van der Waals surface area contributed by atoms with Crippen LogP contribution in [-0.4, -0.2) is 41.0 Å². The second-order valence-electron chi connectivity index (χ2n) is 3.97. The van der Waals surface area contributed by atoms with Crippen LogP contribution >= 0.6 is 15.9 Å². The Balaban J connectivity index is 2.11. The summed E-state index contributed by atoms with van der Waals surface area (Å²) in [6.45, 7) is 6.48. The minimum absolute atomic E-state index is 0.357. The number of hydrogen-bond acceptors (Lipinski definition) is 4. The van der Waals surface area contributed by atoms with Crippen LogP contribution in [0.3, 0.4) is 0 Å². The first-order valence-electron chi connectivity index (χ1n) is 5.73. The number of piperazine rings is 1. The molecule has 1 saturated heterocycles. The summed E-state index contributed by atoms with van der Waals surface area (Å²) in [5, 5.41) is 3.36. The molecule has 0 bridgehead atoms. The second-order valence-corrected chi connectivity index (χ2v) is 4.89. The van der Waals surface area contributed by atoms with E-state index in [9.17, 15) is 0 Å². The van der Waals surface area contributed by atoms with E-state index in [2.05, 4.69) is 43.0 Å². The minimum atomic E-state index is 0.357. The summed E-state index contributed by atoms with van der Waals surface area (Å²) >= 11 is 3.36. The predicted molar refractivity (Wildman–Crippen MR) is 67.2 cm³/mol. The Bertz CT molecular complexity index is 321. The number of nitrogens with zero attached hydrogens (tertiary/aromatic N) is 3. The zero-order valence-electron chi connectivity index (χ0n) is 9.49. The monoisotopic (exact) mass is 284 g/mol. The van der Waals surface area contributed by atoms with E-state index in [4.69, 9.17) is 0 Å². The normalized spacial score (nSPS) is 19.6. The molecule has 0 amide bonds. The summed E-state index contributed by atoms with van der Waals surface area (Å²) in [7, 11) is 0. The van der Waals surface area contributed by atoms with Gasteiger partial charge in [0.1, 0.15) is 5.82 Å². The molecule has 1 aliphatic rings. The fourth-order valence-corrected chi connectivity index (χ4v) is 2.30. The first-order chi connectivity index (χ1) is 7.81. The Kier molecular flexibility index (Phi) is 4.26. The third-order valence-electron chi connectivity index (χ3n) is 2.92. The number of halogens is 1. The highest BCUT2D eigenvalue weighted by Gasteiger charge is 2.22. The van der Waals surface area contributed by atoms with E-state index in [1.165, 1.54) is 0 Å². The van der Waals surface area contributed by atoms with Gasteiger partial charge in [0.15, 0.2) is 0 Å². The number of aromatic nitrogens is 2. The summed E-state index contributed by atoms with van der Waals surface area (Å²) in [4.78, 5) is 11.3. The maximum atomic E-state index is 4.40. The molecule has 1 aromatic rings. The van der Waals surface area contributed by atoms with Gasteiger partial charge in [0.05, 0.1) is 10.5 Å². The van der Waals surface area contributed by atoms with Crippen LogP contribution in [0, 0.1) is 0 Å². The molecular weight excluding hydrogens is 268 g/mol. The first-order valence-corrected chi connectivity index (χ1v) is 6.52. The average Bonchev–Trinajstić information content (AvgIpc) is 2.34. The molecule has 1 unspecified atom stereocenters. The molecule has 1 atom stereocenters. The molecule has 0 radical (unpaired) electrons. The van der Waals surface area contributed by atoms with Gasteiger partial charge in [-0.15, -0.1) is 0 Å². The van der Waals surface area contributed by atoms with Crippen molar-refractivity contribution in [2.75, 3.05) is 26.2 Å². The molecule has 16 heavy (non-hydrogen) atoms. The summed E-state index contributed by atoms with van der Waals surface area (Å²) in [5.74, 6) is 0.938. The molecule has 1 N–H and O–H groups in total. The lowest BCUT2D eigenvalue weighted by Gasteiger charge is -2.33. The molecule has 1 fully saturated rings. The van der Waals surface area contributed by atoms with Crippen molar-refractivity contribution in [3.63, 3.8) is 0 Å². The van der Waals surface area contributed by atoms with Crippen LogP contribution in [0.25, 0.3) is 0 Å². The van der Waals surface area contributed by atoms with Crippen LogP contribution in [-0.2, 0) is 0 Å². The molecular formula is C11H17BrN4. The van der Waals surface area contributed by atoms with E-state index >= 15 is 0 Å². The lowest BCUT2D eigenvalue weighted by molar-refractivity contribution is 0.162. The Morgan fingerprint density at radius 2 is 2.00 bits per heavy atom. The summed E-state index contributed by atoms with van der Waals surface area (Å²) in [5.41, 5.74) is 0. The fraction of sp³-hybridized carbons (Fsp3) is 0.636. The van der Waals surface area contributed by atoms with Crippen LogP contribution in [0.1, 0.15) is 25.2 Å². The smallest absolute Gasteiger partial charge is 0.145 e. The molecule has 2 heterocycles.